The molecule has 0 amide bonds. The molecule has 6 rings (SSSR count). The van der Waals surface area contributed by atoms with Crippen molar-refractivity contribution in [3.63, 3.8) is 0 Å². The smallest absolute Gasteiger partial charge is 0.339 e. The molecule has 0 saturated carbocycles. The fourth-order valence-electron chi connectivity index (χ4n) is 6.13. The Hall–Kier alpha value is -3.35. The molecule has 42 heavy (non-hydrogen) atoms. The van der Waals surface area contributed by atoms with Crippen LogP contribution in [0.4, 0.5) is 0 Å². The van der Waals surface area contributed by atoms with Crippen LogP contribution in [0.15, 0.2) is 70.5 Å². The summed E-state index contributed by atoms with van der Waals surface area (Å²) in [5.74, 6) is 0. The summed E-state index contributed by atoms with van der Waals surface area (Å²) < 4.78 is 30.1. The predicted octanol–water partition coefficient (Wildman–Crippen LogP) is 3.33. The van der Waals surface area contributed by atoms with Gasteiger partial charge in [0, 0.05) is 35.4 Å². The van der Waals surface area contributed by atoms with Gasteiger partial charge in [0.1, 0.15) is 5.65 Å². The van der Waals surface area contributed by atoms with Crippen molar-refractivity contribution >= 4 is 21.1 Å². The summed E-state index contributed by atoms with van der Waals surface area (Å²) in [5, 5.41) is 7.80. The third-order valence-corrected chi connectivity index (χ3v) is 10.0. The molecule has 0 unspecified atom stereocenters. The number of nitrogens with one attached hydrogen (secondary N) is 4. The first-order valence-corrected chi connectivity index (χ1v) is 16.4. The number of fused-ring (bicyclic) bond motifs is 1. The Kier molecular flexibility index (Phi) is 8.55. The highest BCUT2D eigenvalue weighted by Crippen LogP contribution is 2.28. The summed E-state index contributed by atoms with van der Waals surface area (Å²) >= 11 is 0. The van der Waals surface area contributed by atoms with E-state index in [0.717, 1.165) is 67.5 Å². The lowest BCUT2D eigenvalue weighted by Crippen LogP contribution is -2.42. The summed E-state index contributed by atoms with van der Waals surface area (Å²) in [6.07, 6.45) is 8.97. The average molecular weight is 590 g/mol. The highest BCUT2D eigenvalue weighted by molar-refractivity contribution is 7.89. The van der Waals surface area contributed by atoms with E-state index in [0.29, 0.717) is 18.2 Å². The molecule has 10 nitrogen and oxygen atoms in total. The van der Waals surface area contributed by atoms with Crippen molar-refractivity contribution in [2.24, 2.45) is 5.73 Å². The maximum absolute atomic E-state index is 13.0. The van der Waals surface area contributed by atoms with Gasteiger partial charge >= 0.3 is 5.69 Å². The third kappa shape index (κ3) is 6.35. The topological polar surface area (TPSA) is 147 Å². The summed E-state index contributed by atoms with van der Waals surface area (Å²) in [5.41, 5.74) is 9.46. The van der Waals surface area contributed by atoms with E-state index >= 15 is 0 Å². The first-order valence-electron chi connectivity index (χ1n) is 14.9. The standard InChI is InChI=1S/C31H39N7O3S/c32-16-13-24-3-1-2-4-28(34-24)21-5-9-26(10-6-21)38-20-23-19-29(35-30(23)36-31(38)39)22-7-11-27(12-8-22)42(40,41)37-25-14-17-33-18-15-25/h5-12,19-20,24-25,28,33-34,37H,1-4,13-18,32H2,(H,35,36,39)/t24-,28-/m0/s1. The Balaban J connectivity index is 1.20. The predicted molar refractivity (Wildman–Crippen MR) is 165 cm³/mol. The van der Waals surface area contributed by atoms with Crippen LogP contribution < -0.4 is 26.8 Å². The van der Waals surface area contributed by atoms with E-state index in [4.69, 9.17) is 5.73 Å². The number of nitrogens with two attached hydrogens (primary N) is 1. The van der Waals surface area contributed by atoms with Crippen molar-refractivity contribution < 1.29 is 8.42 Å². The van der Waals surface area contributed by atoms with Crippen LogP contribution in [0.3, 0.4) is 0 Å². The second kappa shape index (κ2) is 12.5. The number of piperidine rings is 1. The van der Waals surface area contributed by atoms with Crippen molar-refractivity contribution in [1.82, 2.24) is 29.9 Å². The number of aromatic nitrogens is 3. The lowest BCUT2D eigenvalue weighted by atomic mass is 10.0. The SMILES string of the molecule is NCC[C@@H]1CCCC[C@@H](c2ccc(-n3cc4cc(-c5ccc(S(=O)(=O)NC6CCNCC6)cc5)[nH]c4nc3=O)cc2)N1. The Labute approximate surface area is 246 Å². The molecule has 6 N–H and O–H groups in total. The molecule has 0 bridgehead atoms. The van der Waals surface area contributed by atoms with Crippen molar-refractivity contribution in [1.29, 1.82) is 0 Å². The van der Waals surface area contributed by atoms with Crippen LogP contribution in [0, 0.1) is 0 Å². The fourth-order valence-corrected chi connectivity index (χ4v) is 7.43. The van der Waals surface area contributed by atoms with Crippen molar-refractivity contribution in [3.8, 4) is 16.9 Å². The first kappa shape index (κ1) is 28.8. The van der Waals surface area contributed by atoms with Crippen LogP contribution in [-0.4, -0.2) is 54.7 Å². The number of hydrogen-bond acceptors (Lipinski definition) is 7. The fraction of sp³-hybridized carbons (Fsp3) is 0.419. The van der Waals surface area contributed by atoms with E-state index in [1.807, 2.05) is 18.2 Å². The second-order valence-electron chi connectivity index (χ2n) is 11.4. The molecule has 2 saturated heterocycles. The van der Waals surface area contributed by atoms with Gasteiger partial charge in [0.25, 0.3) is 0 Å². The largest absolute Gasteiger partial charge is 0.354 e. The second-order valence-corrected chi connectivity index (χ2v) is 13.1. The molecule has 11 heteroatoms. The minimum Gasteiger partial charge on any atom is -0.339 e. The lowest BCUT2D eigenvalue weighted by Gasteiger charge is -2.23. The Morgan fingerprint density at radius 1 is 0.976 bits per heavy atom. The molecule has 2 atom stereocenters. The normalized spacial score (nSPS) is 20.5. The highest BCUT2D eigenvalue weighted by Gasteiger charge is 2.22. The number of nitrogens with zero attached hydrogens (tertiary/aromatic N) is 2. The van der Waals surface area contributed by atoms with Crippen LogP contribution in [0.1, 0.15) is 56.6 Å². The van der Waals surface area contributed by atoms with Gasteiger partial charge in [0.05, 0.1) is 10.6 Å². The number of sulfonamides is 1. The number of benzene rings is 2. The van der Waals surface area contributed by atoms with Gasteiger partial charge in [-0.1, -0.05) is 37.1 Å². The molecule has 0 radical (unpaired) electrons. The number of rotatable bonds is 8. The molecular weight excluding hydrogens is 550 g/mol. The van der Waals surface area contributed by atoms with Crippen molar-refractivity contribution in [2.45, 2.75) is 68.0 Å². The Morgan fingerprint density at radius 2 is 1.71 bits per heavy atom. The summed E-state index contributed by atoms with van der Waals surface area (Å²) in [6.45, 7) is 2.31. The zero-order chi connectivity index (χ0) is 29.1. The van der Waals surface area contributed by atoms with Crippen molar-refractivity contribution in [3.05, 3.63) is 76.8 Å². The summed E-state index contributed by atoms with van der Waals surface area (Å²) in [4.78, 5) is 20.7. The van der Waals surface area contributed by atoms with E-state index < -0.39 is 10.0 Å². The molecule has 0 spiro atoms. The molecule has 0 aliphatic carbocycles. The molecular formula is C31H39N7O3S. The van der Waals surface area contributed by atoms with Gasteiger partial charge in [-0.2, -0.15) is 4.98 Å². The van der Waals surface area contributed by atoms with Gasteiger partial charge in [-0.3, -0.25) is 4.57 Å². The quantitative estimate of drug-likeness (QED) is 0.212. The van der Waals surface area contributed by atoms with E-state index in [2.05, 4.69) is 37.5 Å². The van der Waals surface area contributed by atoms with Crippen LogP contribution in [0.2, 0.25) is 0 Å². The van der Waals surface area contributed by atoms with Gasteiger partial charge in [-0.05, 0) is 93.2 Å². The van der Waals surface area contributed by atoms with Gasteiger partial charge in [-0.15, -0.1) is 0 Å². The molecule has 2 aliphatic heterocycles. The maximum atomic E-state index is 13.0. The minimum absolute atomic E-state index is 0.0536. The maximum Gasteiger partial charge on any atom is 0.354 e. The number of H-pyrrole nitrogens is 1. The van der Waals surface area contributed by atoms with Gasteiger partial charge < -0.3 is 21.4 Å². The van der Waals surface area contributed by atoms with Crippen LogP contribution in [0.5, 0.6) is 0 Å². The van der Waals surface area contributed by atoms with Crippen molar-refractivity contribution in [2.75, 3.05) is 19.6 Å². The molecule has 4 aromatic rings. The molecule has 2 fully saturated rings. The summed E-state index contributed by atoms with van der Waals surface area (Å²) in [6, 6.07) is 17.5. The van der Waals surface area contributed by atoms with E-state index in [1.165, 1.54) is 18.4 Å². The van der Waals surface area contributed by atoms with E-state index in [-0.39, 0.29) is 22.7 Å². The molecule has 222 valence electrons. The van der Waals surface area contributed by atoms with Crippen LogP contribution in [-0.2, 0) is 10.0 Å². The van der Waals surface area contributed by atoms with Gasteiger partial charge in [0.15, 0.2) is 0 Å². The Bertz CT molecular complexity index is 1670. The summed E-state index contributed by atoms with van der Waals surface area (Å²) in [7, 11) is -3.60. The third-order valence-electron chi connectivity index (χ3n) is 8.47. The highest BCUT2D eigenvalue weighted by atomic mass is 32.2. The zero-order valence-electron chi connectivity index (χ0n) is 23.7. The van der Waals surface area contributed by atoms with Gasteiger partial charge in [0.2, 0.25) is 10.0 Å². The lowest BCUT2D eigenvalue weighted by molar-refractivity contribution is 0.422. The van der Waals surface area contributed by atoms with Crippen LogP contribution >= 0.6 is 0 Å². The molecule has 4 heterocycles. The monoisotopic (exact) mass is 589 g/mol. The molecule has 2 aromatic heterocycles. The van der Waals surface area contributed by atoms with Crippen LogP contribution in [0.25, 0.3) is 28.0 Å². The molecule has 2 aromatic carbocycles. The number of hydrogen-bond donors (Lipinski definition) is 5. The Morgan fingerprint density at radius 3 is 2.45 bits per heavy atom. The van der Waals surface area contributed by atoms with Gasteiger partial charge in [-0.25, -0.2) is 17.9 Å². The van der Waals surface area contributed by atoms with E-state index in [9.17, 15) is 13.2 Å². The van der Waals surface area contributed by atoms with E-state index in [1.54, 1.807) is 35.0 Å². The average Bonchev–Trinajstić information content (AvgIpc) is 3.27. The molecule has 2 aliphatic rings. The first-order chi connectivity index (χ1) is 20.4. The number of aromatic amines is 1. The zero-order valence-corrected chi connectivity index (χ0v) is 24.5. The minimum atomic E-state index is -3.60.